The highest BCUT2D eigenvalue weighted by Crippen LogP contribution is 2.25. The van der Waals surface area contributed by atoms with Crippen LogP contribution < -0.4 is 10.5 Å². The summed E-state index contributed by atoms with van der Waals surface area (Å²) in [6.45, 7) is 3.72. The van der Waals surface area contributed by atoms with Crippen molar-refractivity contribution in [3.05, 3.63) is 53.6 Å². The molecule has 1 atom stereocenters. The predicted molar refractivity (Wildman–Crippen MR) is 68.1 cm³/mol. The smallest absolute Gasteiger partial charge is 0.145 e. The van der Waals surface area contributed by atoms with Crippen molar-refractivity contribution < 1.29 is 9.13 Å². The average Bonchev–Trinajstić information content (AvgIpc) is 2.34. The highest BCUT2D eigenvalue weighted by atomic mass is 19.1. The van der Waals surface area contributed by atoms with Gasteiger partial charge in [0.2, 0.25) is 0 Å². The molecule has 0 saturated heterocycles. The SMILES string of the molecule is Cc1ccc(F)cc1Oc1ccc([C@@H](C)N)nc1. The number of aryl methyl sites for hydroxylation is 1. The Balaban J connectivity index is 2.21. The summed E-state index contributed by atoms with van der Waals surface area (Å²) in [5.74, 6) is 0.731. The summed E-state index contributed by atoms with van der Waals surface area (Å²) in [5.41, 5.74) is 7.37. The van der Waals surface area contributed by atoms with Gasteiger partial charge in [-0.15, -0.1) is 0 Å². The zero-order chi connectivity index (χ0) is 13.1. The monoisotopic (exact) mass is 246 g/mol. The lowest BCUT2D eigenvalue weighted by Gasteiger charge is -2.09. The highest BCUT2D eigenvalue weighted by Gasteiger charge is 2.05. The first-order valence-electron chi connectivity index (χ1n) is 5.72. The van der Waals surface area contributed by atoms with Gasteiger partial charge < -0.3 is 10.5 Å². The quantitative estimate of drug-likeness (QED) is 0.903. The molecule has 1 heterocycles. The largest absolute Gasteiger partial charge is 0.455 e. The Morgan fingerprint density at radius 2 is 2.06 bits per heavy atom. The number of aromatic nitrogens is 1. The fourth-order valence-electron chi connectivity index (χ4n) is 1.53. The van der Waals surface area contributed by atoms with Gasteiger partial charge in [0.15, 0.2) is 0 Å². The van der Waals surface area contributed by atoms with Crippen LogP contribution in [-0.2, 0) is 0 Å². The number of pyridine rings is 1. The van der Waals surface area contributed by atoms with Crippen LogP contribution in [0.3, 0.4) is 0 Å². The van der Waals surface area contributed by atoms with E-state index in [0.29, 0.717) is 11.5 Å². The molecule has 1 aromatic heterocycles. The highest BCUT2D eigenvalue weighted by molar-refractivity contribution is 5.36. The molecule has 0 saturated carbocycles. The Bertz CT molecular complexity index is 538. The van der Waals surface area contributed by atoms with Gasteiger partial charge in [-0.2, -0.15) is 0 Å². The first-order valence-corrected chi connectivity index (χ1v) is 5.72. The number of nitrogens with zero attached hydrogens (tertiary/aromatic N) is 1. The van der Waals surface area contributed by atoms with E-state index < -0.39 is 0 Å². The molecule has 0 spiro atoms. The van der Waals surface area contributed by atoms with Crippen LogP contribution in [0, 0.1) is 12.7 Å². The van der Waals surface area contributed by atoms with E-state index in [1.807, 2.05) is 13.8 Å². The molecule has 0 aliphatic rings. The number of benzene rings is 1. The minimum Gasteiger partial charge on any atom is -0.455 e. The number of nitrogens with two attached hydrogens (primary N) is 1. The minimum atomic E-state index is -0.323. The van der Waals surface area contributed by atoms with E-state index in [1.165, 1.54) is 12.1 Å². The molecule has 2 aromatic rings. The van der Waals surface area contributed by atoms with E-state index in [2.05, 4.69) is 4.98 Å². The van der Waals surface area contributed by atoms with Gasteiger partial charge in [-0.3, -0.25) is 4.98 Å². The maximum atomic E-state index is 13.1. The summed E-state index contributed by atoms with van der Waals surface area (Å²) < 4.78 is 18.7. The Kier molecular flexibility index (Phi) is 3.58. The Morgan fingerprint density at radius 1 is 1.28 bits per heavy atom. The van der Waals surface area contributed by atoms with Crippen molar-refractivity contribution in [2.75, 3.05) is 0 Å². The van der Waals surface area contributed by atoms with Crippen LogP contribution in [0.1, 0.15) is 24.2 Å². The molecular formula is C14H15FN2O. The van der Waals surface area contributed by atoms with Gasteiger partial charge in [0.05, 0.1) is 11.9 Å². The third-order valence-electron chi connectivity index (χ3n) is 2.60. The maximum Gasteiger partial charge on any atom is 0.145 e. The number of rotatable bonds is 3. The molecule has 0 radical (unpaired) electrons. The van der Waals surface area contributed by atoms with Gasteiger partial charge in [0.25, 0.3) is 0 Å². The fraction of sp³-hybridized carbons (Fsp3) is 0.214. The molecule has 0 amide bonds. The van der Waals surface area contributed by atoms with E-state index >= 15 is 0 Å². The van der Waals surface area contributed by atoms with Crippen molar-refractivity contribution in [1.29, 1.82) is 0 Å². The van der Waals surface area contributed by atoms with Crippen molar-refractivity contribution in [1.82, 2.24) is 4.98 Å². The van der Waals surface area contributed by atoms with E-state index in [1.54, 1.807) is 24.4 Å². The minimum absolute atomic E-state index is 0.116. The number of hydrogen-bond acceptors (Lipinski definition) is 3. The lowest BCUT2D eigenvalue weighted by Crippen LogP contribution is -2.06. The molecule has 0 aliphatic carbocycles. The molecule has 2 N–H and O–H groups in total. The Labute approximate surface area is 105 Å². The van der Waals surface area contributed by atoms with Gasteiger partial charge in [-0.25, -0.2) is 4.39 Å². The van der Waals surface area contributed by atoms with Crippen molar-refractivity contribution >= 4 is 0 Å². The number of hydrogen-bond donors (Lipinski definition) is 1. The third kappa shape index (κ3) is 2.84. The summed E-state index contributed by atoms with van der Waals surface area (Å²) in [6, 6.07) is 7.89. The molecule has 94 valence electrons. The van der Waals surface area contributed by atoms with Crippen LogP contribution in [0.15, 0.2) is 36.5 Å². The predicted octanol–water partition coefficient (Wildman–Crippen LogP) is 3.34. The molecule has 4 heteroatoms. The van der Waals surface area contributed by atoms with E-state index in [4.69, 9.17) is 10.5 Å². The zero-order valence-corrected chi connectivity index (χ0v) is 10.4. The normalized spacial score (nSPS) is 12.2. The Hall–Kier alpha value is -1.94. The molecule has 1 aromatic carbocycles. The molecule has 18 heavy (non-hydrogen) atoms. The van der Waals surface area contributed by atoms with E-state index in [0.717, 1.165) is 11.3 Å². The summed E-state index contributed by atoms with van der Waals surface area (Å²) >= 11 is 0. The number of halogens is 1. The first kappa shape index (κ1) is 12.5. The van der Waals surface area contributed by atoms with Crippen LogP contribution in [0.5, 0.6) is 11.5 Å². The summed E-state index contributed by atoms with van der Waals surface area (Å²) in [6.07, 6.45) is 1.59. The zero-order valence-electron chi connectivity index (χ0n) is 10.4. The second-order valence-corrected chi connectivity index (χ2v) is 4.22. The standard InChI is InChI=1S/C14H15FN2O/c1-9-3-4-11(15)7-14(9)18-12-5-6-13(10(2)16)17-8-12/h3-8,10H,16H2,1-2H3/t10-/m1/s1. The molecule has 2 rings (SSSR count). The fourth-order valence-corrected chi connectivity index (χ4v) is 1.53. The van der Waals surface area contributed by atoms with Crippen molar-refractivity contribution in [3.63, 3.8) is 0 Å². The Morgan fingerprint density at radius 3 is 2.67 bits per heavy atom. The molecule has 3 nitrogen and oxygen atoms in total. The third-order valence-corrected chi connectivity index (χ3v) is 2.60. The van der Waals surface area contributed by atoms with Crippen LogP contribution in [-0.4, -0.2) is 4.98 Å². The molecule has 0 fully saturated rings. The molecule has 0 unspecified atom stereocenters. The van der Waals surface area contributed by atoms with Crippen LogP contribution >= 0.6 is 0 Å². The van der Waals surface area contributed by atoms with Gasteiger partial charge in [0, 0.05) is 12.1 Å². The van der Waals surface area contributed by atoms with Crippen LogP contribution in [0.2, 0.25) is 0 Å². The van der Waals surface area contributed by atoms with Crippen molar-refractivity contribution in [2.45, 2.75) is 19.9 Å². The summed E-state index contributed by atoms with van der Waals surface area (Å²) in [4.78, 5) is 4.18. The molecule has 0 aliphatic heterocycles. The van der Waals surface area contributed by atoms with Gasteiger partial charge in [-0.1, -0.05) is 6.07 Å². The summed E-state index contributed by atoms with van der Waals surface area (Å²) in [7, 11) is 0. The van der Waals surface area contributed by atoms with E-state index in [9.17, 15) is 4.39 Å². The van der Waals surface area contributed by atoms with Gasteiger partial charge in [-0.05, 0) is 37.6 Å². The second-order valence-electron chi connectivity index (χ2n) is 4.22. The number of ether oxygens (including phenoxy) is 1. The van der Waals surface area contributed by atoms with Crippen LogP contribution in [0.4, 0.5) is 4.39 Å². The lowest BCUT2D eigenvalue weighted by molar-refractivity contribution is 0.470. The molecular weight excluding hydrogens is 231 g/mol. The summed E-state index contributed by atoms with van der Waals surface area (Å²) in [5, 5.41) is 0. The van der Waals surface area contributed by atoms with E-state index in [-0.39, 0.29) is 11.9 Å². The lowest BCUT2D eigenvalue weighted by atomic mass is 10.2. The maximum absolute atomic E-state index is 13.1. The first-order chi connectivity index (χ1) is 8.56. The second kappa shape index (κ2) is 5.14. The van der Waals surface area contributed by atoms with Crippen LogP contribution in [0.25, 0.3) is 0 Å². The average molecular weight is 246 g/mol. The van der Waals surface area contributed by atoms with Crippen molar-refractivity contribution in [2.24, 2.45) is 5.73 Å². The van der Waals surface area contributed by atoms with Gasteiger partial charge >= 0.3 is 0 Å². The topological polar surface area (TPSA) is 48.1 Å². The molecule has 0 bridgehead atoms. The van der Waals surface area contributed by atoms with Gasteiger partial charge in [0.1, 0.15) is 17.3 Å². The van der Waals surface area contributed by atoms with Crippen molar-refractivity contribution in [3.8, 4) is 11.5 Å².